The van der Waals surface area contributed by atoms with E-state index in [1.54, 1.807) is 0 Å². The third-order valence-corrected chi connectivity index (χ3v) is 3.72. The predicted octanol–water partition coefficient (Wildman–Crippen LogP) is 2.16. The smallest absolute Gasteiger partial charge is 0.240 e. The second-order valence-corrected chi connectivity index (χ2v) is 5.63. The van der Waals surface area contributed by atoms with Crippen molar-refractivity contribution in [2.45, 2.75) is 58.5 Å². The van der Waals surface area contributed by atoms with Crippen LogP contribution in [-0.2, 0) is 6.54 Å². The van der Waals surface area contributed by atoms with Gasteiger partial charge >= 0.3 is 0 Å². The van der Waals surface area contributed by atoms with E-state index in [-0.39, 0.29) is 0 Å². The van der Waals surface area contributed by atoms with Crippen LogP contribution >= 0.6 is 0 Å². The minimum atomic E-state index is 0.330. The lowest BCUT2D eigenvalue weighted by Crippen LogP contribution is -2.45. The molecule has 19 heavy (non-hydrogen) atoms. The van der Waals surface area contributed by atoms with Crippen molar-refractivity contribution in [1.82, 2.24) is 20.4 Å². The van der Waals surface area contributed by atoms with E-state index in [4.69, 9.17) is 4.52 Å². The first-order valence-electron chi connectivity index (χ1n) is 7.48. The quantitative estimate of drug-likeness (QED) is 0.855. The minimum absolute atomic E-state index is 0.330. The summed E-state index contributed by atoms with van der Waals surface area (Å²) in [5.41, 5.74) is 0. The molecule has 0 spiro atoms. The Morgan fingerprint density at radius 1 is 1.42 bits per heavy atom. The Labute approximate surface area is 115 Å². The summed E-state index contributed by atoms with van der Waals surface area (Å²) in [5, 5.41) is 7.49. The molecule has 1 atom stereocenters. The number of hydrogen-bond acceptors (Lipinski definition) is 5. The molecule has 5 nitrogen and oxygen atoms in total. The van der Waals surface area contributed by atoms with E-state index in [9.17, 15) is 0 Å². The van der Waals surface area contributed by atoms with Gasteiger partial charge in [-0.2, -0.15) is 4.98 Å². The number of nitrogens with zero attached hydrogens (tertiary/aromatic N) is 3. The van der Waals surface area contributed by atoms with Crippen LogP contribution in [0, 0.1) is 0 Å². The Morgan fingerprint density at radius 2 is 2.26 bits per heavy atom. The molecule has 1 aromatic heterocycles. The Kier molecular flexibility index (Phi) is 5.34. The summed E-state index contributed by atoms with van der Waals surface area (Å²) >= 11 is 0. The van der Waals surface area contributed by atoms with Crippen molar-refractivity contribution >= 4 is 0 Å². The van der Waals surface area contributed by atoms with Crippen molar-refractivity contribution in [2.75, 3.05) is 19.6 Å². The SMILES string of the molecule is CCNCC1CCCCN1Cc1nc(C(C)C)no1. The molecule has 1 unspecified atom stereocenters. The fourth-order valence-electron chi connectivity index (χ4n) is 2.55. The van der Waals surface area contributed by atoms with Crippen molar-refractivity contribution in [3.8, 4) is 0 Å². The van der Waals surface area contributed by atoms with Crippen molar-refractivity contribution in [3.63, 3.8) is 0 Å². The molecule has 0 saturated carbocycles. The molecule has 1 saturated heterocycles. The number of likely N-dealkylation sites (N-methyl/N-ethyl adjacent to an activating group) is 1. The maximum atomic E-state index is 5.36. The molecule has 0 bridgehead atoms. The second-order valence-electron chi connectivity index (χ2n) is 5.63. The van der Waals surface area contributed by atoms with Crippen LogP contribution < -0.4 is 5.32 Å². The zero-order valence-electron chi connectivity index (χ0n) is 12.4. The average molecular weight is 266 g/mol. The molecule has 108 valence electrons. The van der Waals surface area contributed by atoms with E-state index in [0.717, 1.165) is 37.9 Å². The molecule has 0 aliphatic carbocycles. The van der Waals surface area contributed by atoms with E-state index in [2.05, 4.69) is 41.1 Å². The van der Waals surface area contributed by atoms with Gasteiger partial charge in [0.05, 0.1) is 6.54 Å². The van der Waals surface area contributed by atoms with E-state index in [1.807, 2.05) is 0 Å². The van der Waals surface area contributed by atoms with Crippen LogP contribution in [0.3, 0.4) is 0 Å². The van der Waals surface area contributed by atoms with Crippen molar-refractivity contribution in [1.29, 1.82) is 0 Å². The largest absolute Gasteiger partial charge is 0.338 e. The number of nitrogens with one attached hydrogen (secondary N) is 1. The van der Waals surface area contributed by atoms with Crippen LogP contribution in [-0.4, -0.2) is 40.7 Å². The van der Waals surface area contributed by atoms with E-state index >= 15 is 0 Å². The summed E-state index contributed by atoms with van der Waals surface area (Å²) in [6.07, 6.45) is 3.86. The summed E-state index contributed by atoms with van der Waals surface area (Å²) in [6, 6.07) is 0.600. The summed E-state index contributed by atoms with van der Waals surface area (Å²) in [7, 11) is 0. The molecule has 0 amide bonds. The minimum Gasteiger partial charge on any atom is -0.338 e. The first-order chi connectivity index (χ1) is 9.20. The second kappa shape index (κ2) is 7.01. The van der Waals surface area contributed by atoms with Gasteiger partial charge in [-0.3, -0.25) is 4.90 Å². The van der Waals surface area contributed by atoms with Crippen LogP contribution in [0.25, 0.3) is 0 Å². The Hall–Kier alpha value is -0.940. The molecule has 0 aromatic carbocycles. The highest BCUT2D eigenvalue weighted by atomic mass is 16.5. The predicted molar refractivity (Wildman–Crippen MR) is 75.0 cm³/mol. The standard InChI is InChI=1S/C14H26N4O/c1-4-15-9-12-7-5-6-8-18(12)10-13-16-14(11(2)3)17-19-13/h11-12,15H,4-10H2,1-3H3. The molecule has 1 fully saturated rings. The zero-order valence-corrected chi connectivity index (χ0v) is 12.4. The topological polar surface area (TPSA) is 54.2 Å². The lowest BCUT2D eigenvalue weighted by atomic mass is 10.0. The van der Waals surface area contributed by atoms with Crippen LogP contribution in [0.5, 0.6) is 0 Å². The molecule has 5 heteroatoms. The third kappa shape index (κ3) is 4.01. The third-order valence-electron chi connectivity index (χ3n) is 3.72. The number of aromatic nitrogens is 2. The maximum absolute atomic E-state index is 5.36. The normalized spacial score (nSPS) is 21.2. The molecule has 2 rings (SSSR count). The maximum Gasteiger partial charge on any atom is 0.240 e. The van der Waals surface area contributed by atoms with Gasteiger partial charge in [-0.15, -0.1) is 0 Å². The van der Waals surface area contributed by atoms with Gasteiger partial charge in [0.25, 0.3) is 0 Å². The van der Waals surface area contributed by atoms with E-state index < -0.39 is 0 Å². The Morgan fingerprint density at radius 3 is 2.95 bits per heavy atom. The molecule has 1 aromatic rings. The molecule has 1 aliphatic heterocycles. The van der Waals surface area contributed by atoms with Gasteiger partial charge in [-0.05, 0) is 25.9 Å². The Bertz CT molecular complexity index is 377. The number of hydrogen-bond donors (Lipinski definition) is 1. The monoisotopic (exact) mass is 266 g/mol. The zero-order chi connectivity index (χ0) is 13.7. The van der Waals surface area contributed by atoms with Gasteiger partial charge in [0.2, 0.25) is 5.89 Å². The van der Waals surface area contributed by atoms with Gasteiger partial charge in [0.1, 0.15) is 0 Å². The first kappa shape index (κ1) is 14.5. The molecule has 2 heterocycles. The number of likely N-dealkylation sites (tertiary alicyclic amines) is 1. The van der Waals surface area contributed by atoms with E-state index in [1.165, 1.54) is 19.3 Å². The highest BCUT2D eigenvalue weighted by Gasteiger charge is 2.24. The fourth-order valence-corrected chi connectivity index (χ4v) is 2.55. The molecular weight excluding hydrogens is 240 g/mol. The van der Waals surface area contributed by atoms with Crippen LogP contribution in [0.4, 0.5) is 0 Å². The van der Waals surface area contributed by atoms with Gasteiger partial charge in [0, 0.05) is 18.5 Å². The first-order valence-corrected chi connectivity index (χ1v) is 7.48. The Balaban J connectivity index is 1.94. The van der Waals surface area contributed by atoms with Gasteiger partial charge < -0.3 is 9.84 Å². The highest BCUT2D eigenvalue weighted by molar-refractivity contribution is 4.92. The summed E-state index contributed by atoms with van der Waals surface area (Å²) in [5.74, 6) is 1.90. The number of rotatable bonds is 6. The highest BCUT2D eigenvalue weighted by Crippen LogP contribution is 2.19. The molecule has 1 aliphatic rings. The van der Waals surface area contributed by atoms with E-state index in [0.29, 0.717) is 12.0 Å². The van der Waals surface area contributed by atoms with Crippen LogP contribution in [0.1, 0.15) is 57.7 Å². The van der Waals surface area contributed by atoms with Crippen molar-refractivity contribution in [2.24, 2.45) is 0 Å². The summed E-state index contributed by atoms with van der Waals surface area (Å²) in [6.45, 7) is 10.3. The van der Waals surface area contributed by atoms with Gasteiger partial charge in [-0.1, -0.05) is 32.3 Å². The van der Waals surface area contributed by atoms with Crippen molar-refractivity contribution < 1.29 is 4.52 Å². The van der Waals surface area contributed by atoms with Crippen molar-refractivity contribution in [3.05, 3.63) is 11.7 Å². The number of piperidine rings is 1. The molecular formula is C14H26N4O. The molecule has 0 radical (unpaired) electrons. The summed E-state index contributed by atoms with van der Waals surface area (Å²) in [4.78, 5) is 6.95. The summed E-state index contributed by atoms with van der Waals surface area (Å²) < 4.78 is 5.36. The lowest BCUT2D eigenvalue weighted by molar-refractivity contribution is 0.122. The van der Waals surface area contributed by atoms with Gasteiger partial charge in [-0.25, -0.2) is 0 Å². The fraction of sp³-hybridized carbons (Fsp3) is 0.857. The lowest BCUT2D eigenvalue weighted by Gasteiger charge is -2.34. The van der Waals surface area contributed by atoms with Gasteiger partial charge in [0.15, 0.2) is 5.82 Å². The molecule has 1 N–H and O–H groups in total. The average Bonchev–Trinajstić information content (AvgIpc) is 2.86. The van der Waals surface area contributed by atoms with Crippen LogP contribution in [0.2, 0.25) is 0 Å². The van der Waals surface area contributed by atoms with Crippen LogP contribution in [0.15, 0.2) is 4.52 Å².